The average molecular weight is 457 g/mol. The first-order chi connectivity index (χ1) is 16.0. The van der Waals surface area contributed by atoms with E-state index in [0.717, 1.165) is 42.6 Å². The molecule has 7 heteroatoms. The van der Waals surface area contributed by atoms with Gasteiger partial charge in [0, 0.05) is 13.1 Å². The van der Waals surface area contributed by atoms with Gasteiger partial charge in [-0.1, -0.05) is 61.9 Å². The van der Waals surface area contributed by atoms with Crippen LogP contribution in [0.5, 0.6) is 5.75 Å². The fourth-order valence-electron chi connectivity index (χ4n) is 3.37. The monoisotopic (exact) mass is 456 g/mol. The van der Waals surface area contributed by atoms with Gasteiger partial charge < -0.3 is 24.8 Å². The van der Waals surface area contributed by atoms with Gasteiger partial charge in [-0.05, 0) is 43.4 Å². The zero-order chi connectivity index (χ0) is 23.9. The Morgan fingerprint density at radius 2 is 1.76 bits per heavy atom. The first kappa shape index (κ1) is 26.2. The van der Waals surface area contributed by atoms with E-state index in [9.17, 15) is 9.59 Å². The van der Waals surface area contributed by atoms with Gasteiger partial charge in [0.25, 0.3) is 0 Å². The molecular weight excluding hydrogens is 420 g/mol. The van der Waals surface area contributed by atoms with Crippen LogP contribution in [-0.4, -0.2) is 44.4 Å². The lowest BCUT2D eigenvalue weighted by Crippen LogP contribution is -2.42. The molecule has 0 aliphatic carbocycles. The van der Waals surface area contributed by atoms with E-state index >= 15 is 0 Å². The number of carbonyl (C=O) groups excluding carboxylic acids is 2. The number of nitrogens with one attached hydrogen (secondary N) is 2. The Balaban J connectivity index is 1.74. The van der Waals surface area contributed by atoms with E-state index in [2.05, 4.69) is 10.6 Å². The highest BCUT2D eigenvalue weighted by Crippen LogP contribution is 2.21. The minimum Gasteiger partial charge on any atom is -0.489 e. The molecule has 0 saturated carbocycles. The summed E-state index contributed by atoms with van der Waals surface area (Å²) in [6.07, 6.45) is 2.58. The van der Waals surface area contributed by atoms with E-state index in [-0.39, 0.29) is 24.7 Å². The van der Waals surface area contributed by atoms with Gasteiger partial charge in [-0.25, -0.2) is 4.79 Å². The van der Waals surface area contributed by atoms with Crippen LogP contribution in [0.2, 0.25) is 0 Å². The molecule has 0 unspecified atom stereocenters. The maximum absolute atomic E-state index is 11.9. The van der Waals surface area contributed by atoms with Crippen molar-refractivity contribution in [3.63, 3.8) is 0 Å². The van der Waals surface area contributed by atoms with Crippen LogP contribution in [0, 0.1) is 0 Å². The fourth-order valence-corrected chi connectivity index (χ4v) is 3.37. The molecule has 1 amide bonds. The van der Waals surface area contributed by atoms with E-state index in [1.807, 2.05) is 68.4 Å². The number of benzene rings is 2. The molecule has 2 N–H and O–H groups in total. The van der Waals surface area contributed by atoms with Crippen molar-refractivity contribution in [1.82, 2.24) is 10.6 Å². The highest BCUT2D eigenvalue weighted by Gasteiger charge is 2.19. The van der Waals surface area contributed by atoms with Gasteiger partial charge in [0.15, 0.2) is 0 Å². The second kappa shape index (κ2) is 14.9. The Morgan fingerprint density at radius 1 is 1.03 bits per heavy atom. The fraction of sp³-hybridized carbons (Fsp3) is 0.462. The molecule has 33 heavy (non-hydrogen) atoms. The molecule has 0 aliphatic heterocycles. The number of methoxy groups -OCH3 is 1. The molecule has 0 saturated heterocycles. The van der Waals surface area contributed by atoms with Crippen molar-refractivity contribution in [2.24, 2.45) is 0 Å². The number of hydrogen-bond acceptors (Lipinski definition) is 6. The Bertz CT molecular complexity index is 844. The number of ether oxygens (including phenoxy) is 3. The molecule has 0 spiro atoms. The summed E-state index contributed by atoms with van der Waals surface area (Å²) in [6.45, 7) is 5.30. The van der Waals surface area contributed by atoms with Crippen LogP contribution in [0.25, 0.3) is 0 Å². The standard InChI is InChI=1S/C26H36N2O5/c1-4-11-23(25(29)31-3)28-18-20(2)33-24-16-9-8-14-22(24)15-10-17-27-26(30)32-19-21-12-6-5-7-13-21/h5-9,12-14,16,20,23,28H,4,10-11,15,17-19H2,1-3H3,(H,27,30)/t20-,23+/m1/s1. The van der Waals surface area contributed by atoms with Gasteiger partial charge in [0.2, 0.25) is 0 Å². The predicted octanol–water partition coefficient (Wildman–Crippen LogP) is 4.24. The molecule has 2 atom stereocenters. The summed E-state index contributed by atoms with van der Waals surface area (Å²) in [5.74, 6) is 0.558. The van der Waals surface area contributed by atoms with Crippen LogP contribution in [0.15, 0.2) is 54.6 Å². The maximum Gasteiger partial charge on any atom is 0.407 e. The summed E-state index contributed by atoms with van der Waals surface area (Å²) in [5.41, 5.74) is 2.02. The number of carbonyl (C=O) groups is 2. The van der Waals surface area contributed by atoms with Crippen molar-refractivity contribution in [1.29, 1.82) is 0 Å². The SMILES string of the molecule is CCC[C@H](NC[C@@H](C)Oc1ccccc1CCCNC(=O)OCc1ccccc1)C(=O)OC. The van der Waals surface area contributed by atoms with Crippen LogP contribution in [0.3, 0.4) is 0 Å². The van der Waals surface area contributed by atoms with Crippen LogP contribution in [-0.2, 0) is 27.3 Å². The number of hydrogen-bond donors (Lipinski definition) is 2. The summed E-state index contributed by atoms with van der Waals surface area (Å²) in [4.78, 5) is 23.8. The molecule has 0 aliphatic rings. The minimum absolute atomic E-state index is 0.124. The van der Waals surface area contributed by atoms with Gasteiger partial charge in [0.1, 0.15) is 24.5 Å². The number of rotatable bonds is 14. The van der Waals surface area contributed by atoms with Gasteiger partial charge in [-0.3, -0.25) is 4.79 Å². The average Bonchev–Trinajstić information content (AvgIpc) is 2.84. The lowest BCUT2D eigenvalue weighted by Gasteiger charge is -2.21. The second-order valence-corrected chi connectivity index (χ2v) is 7.90. The van der Waals surface area contributed by atoms with E-state index < -0.39 is 6.09 Å². The molecule has 180 valence electrons. The molecule has 0 radical (unpaired) electrons. The maximum atomic E-state index is 11.9. The van der Waals surface area contributed by atoms with E-state index in [0.29, 0.717) is 13.1 Å². The third-order valence-electron chi connectivity index (χ3n) is 5.12. The van der Waals surface area contributed by atoms with Crippen LogP contribution in [0.1, 0.15) is 44.2 Å². The van der Waals surface area contributed by atoms with Gasteiger partial charge in [-0.2, -0.15) is 0 Å². The predicted molar refractivity (Wildman–Crippen MR) is 128 cm³/mol. The van der Waals surface area contributed by atoms with E-state index in [4.69, 9.17) is 14.2 Å². The van der Waals surface area contributed by atoms with Crippen molar-refractivity contribution >= 4 is 12.1 Å². The van der Waals surface area contributed by atoms with Crippen LogP contribution < -0.4 is 15.4 Å². The molecule has 0 bridgehead atoms. The zero-order valence-electron chi connectivity index (χ0n) is 19.8. The minimum atomic E-state index is -0.421. The highest BCUT2D eigenvalue weighted by molar-refractivity contribution is 5.75. The van der Waals surface area contributed by atoms with Crippen molar-refractivity contribution in [2.75, 3.05) is 20.2 Å². The number of amides is 1. The van der Waals surface area contributed by atoms with Crippen molar-refractivity contribution in [3.8, 4) is 5.75 Å². The van der Waals surface area contributed by atoms with Crippen LogP contribution >= 0.6 is 0 Å². The quantitative estimate of drug-likeness (QED) is 0.327. The Kier molecular flexibility index (Phi) is 11.8. The third-order valence-corrected chi connectivity index (χ3v) is 5.12. The topological polar surface area (TPSA) is 85.9 Å². The summed E-state index contributed by atoms with van der Waals surface area (Å²) < 4.78 is 16.2. The molecular formula is C26H36N2O5. The molecule has 2 rings (SSSR count). The first-order valence-corrected chi connectivity index (χ1v) is 11.5. The molecule has 0 fully saturated rings. The largest absolute Gasteiger partial charge is 0.489 e. The summed E-state index contributed by atoms with van der Waals surface area (Å²) in [7, 11) is 1.40. The lowest BCUT2D eigenvalue weighted by atomic mass is 10.1. The van der Waals surface area contributed by atoms with Crippen molar-refractivity contribution in [2.45, 2.75) is 58.3 Å². The summed E-state index contributed by atoms with van der Waals surface area (Å²) >= 11 is 0. The van der Waals surface area contributed by atoms with Crippen molar-refractivity contribution < 1.29 is 23.8 Å². The molecule has 2 aromatic carbocycles. The van der Waals surface area contributed by atoms with Crippen LogP contribution in [0.4, 0.5) is 4.79 Å². The number of alkyl carbamates (subject to hydrolysis) is 1. The highest BCUT2D eigenvalue weighted by atomic mass is 16.5. The molecule has 7 nitrogen and oxygen atoms in total. The molecule has 2 aromatic rings. The smallest absolute Gasteiger partial charge is 0.407 e. The molecule has 0 aromatic heterocycles. The summed E-state index contributed by atoms with van der Waals surface area (Å²) in [6, 6.07) is 17.1. The lowest BCUT2D eigenvalue weighted by molar-refractivity contribution is -0.143. The zero-order valence-corrected chi connectivity index (χ0v) is 19.8. The first-order valence-electron chi connectivity index (χ1n) is 11.5. The van der Waals surface area contributed by atoms with Gasteiger partial charge >= 0.3 is 12.1 Å². The number of aryl methyl sites for hydroxylation is 1. The Morgan fingerprint density at radius 3 is 2.48 bits per heavy atom. The van der Waals surface area contributed by atoms with E-state index in [1.165, 1.54) is 7.11 Å². The van der Waals surface area contributed by atoms with Gasteiger partial charge in [0.05, 0.1) is 7.11 Å². The Labute approximate surface area is 196 Å². The third kappa shape index (κ3) is 9.95. The number of esters is 1. The molecule has 0 heterocycles. The van der Waals surface area contributed by atoms with Gasteiger partial charge in [-0.15, -0.1) is 0 Å². The second-order valence-electron chi connectivity index (χ2n) is 7.90. The summed E-state index contributed by atoms with van der Waals surface area (Å²) in [5, 5.41) is 6.03. The Hall–Kier alpha value is -3.06. The van der Waals surface area contributed by atoms with E-state index in [1.54, 1.807) is 0 Å². The van der Waals surface area contributed by atoms with Crippen molar-refractivity contribution in [3.05, 3.63) is 65.7 Å². The normalized spacial score (nSPS) is 12.5. The number of para-hydroxylation sites is 1.